The van der Waals surface area contributed by atoms with Crippen LogP contribution in [0.15, 0.2) is 0 Å². The lowest BCUT2D eigenvalue weighted by atomic mass is 9.98. The zero-order valence-electron chi connectivity index (χ0n) is 13.0. The second kappa shape index (κ2) is 6.90. The number of aliphatic carboxylic acids is 1. The van der Waals surface area contributed by atoms with Gasteiger partial charge >= 0.3 is 12.0 Å². The third-order valence-corrected chi connectivity index (χ3v) is 5.56. The number of likely N-dealkylation sites (tertiary alicyclic amines) is 1. The van der Waals surface area contributed by atoms with Gasteiger partial charge in [-0.25, -0.2) is 4.79 Å². The van der Waals surface area contributed by atoms with E-state index in [1.807, 2.05) is 21.6 Å². The zero-order chi connectivity index (χ0) is 15.5. The van der Waals surface area contributed by atoms with Crippen molar-refractivity contribution in [1.29, 1.82) is 0 Å². The lowest BCUT2D eigenvalue weighted by Crippen LogP contribution is -2.55. The Kier molecular flexibility index (Phi) is 5.41. The molecule has 0 radical (unpaired) electrons. The molecule has 2 aliphatic heterocycles. The van der Waals surface area contributed by atoms with E-state index in [0.717, 1.165) is 44.6 Å². The highest BCUT2D eigenvalue weighted by Gasteiger charge is 2.35. The van der Waals surface area contributed by atoms with E-state index in [9.17, 15) is 9.59 Å². The van der Waals surface area contributed by atoms with E-state index in [2.05, 4.69) is 13.8 Å². The molecule has 0 aliphatic carbocycles. The number of piperidine rings is 1. The third-order valence-electron chi connectivity index (χ3n) is 4.26. The molecule has 0 aromatic heterocycles. The number of hydrogen-bond donors (Lipinski definition) is 1. The number of nitrogens with zero attached hydrogens (tertiary/aromatic N) is 2. The summed E-state index contributed by atoms with van der Waals surface area (Å²) in [4.78, 5) is 27.5. The molecule has 1 N–H and O–H groups in total. The first-order chi connectivity index (χ1) is 9.89. The van der Waals surface area contributed by atoms with E-state index in [0.29, 0.717) is 6.42 Å². The van der Waals surface area contributed by atoms with Crippen molar-refractivity contribution in [3.63, 3.8) is 0 Å². The number of urea groups is 1. The Morgan fingerprint density at radius 3 is 2.71 bits per heavy atom. The average molecular weight is 314 g/mol. The molecule has 0 saturated carbocycles. The summed E-state index contributed by atoms with van der Waals surface area (Å²) in [5.74, 6) is 0.204. The molecule has 0 aromatic rings. The predicted octanol–water partition coefficient (Wildman–Crippen LogP) is 2.65. The van der Waals surface area contributed by atoms with Crippen LogP contribution in [0, 0.1) is 0 Å². The van der Waals surface area contributed by atoms with Gasteiger partial charge in [-0.15, -0.1) is 0 Å². The van der Waals surface area contributed by atoms with Crippen LogP contribution in [-0.2, 0) is 4.79 Å². The van der Waals surface area contributed by atoms with E-state index in [4.69, 9.17) is 5.11 Å². The quantitative estimate of drug-likeness (QED) is 0.870. The number of rotatable bonds is 3. The summed E-state index contributed by atoms with van der Waals surface area (Å²) in [6.45, 7) is 6.70. The van der Waals surface area contributed by atoms with Crippen LogP contribution < -0.4 is 0 Å². The lowest BCUT2D eigenvalue weighted by Gasteiger charge is -2.43. The largest absolute Gasteiger partial charge is 0.481 e. The average Bonchev–Trinajstić information content (AvgIpc) is 2.43. The minimum absolute atomic E-state index is 0.0973. The van der Waals surface area contributed by atoms with Crippen LogP contribution in [0.2, 0.25) is 0 Å². The maximum Gasteiger partial charge on any atom is 0.320 e. The van der Waals surface area contributed by atoms with E-state index < -0.39 is 5.97 Å². The summed E-state index contributed by atoms with van der Waals surface area (Å²) in [7, 11) is 0. The van der Waals surface area contributed by atoms with E-state index in [1.165, 1.54) is 0 Å². The van der Waals surface area contributed by atoms with Gasteiger partial charge in [-0.2, -0.15) is 11.8 Å². The fourth-order valence-electron chi connectivity index (χ4n) is 3.20. The lowest BCUT2D eigenvalue weighted by molar-refractivity contribution is -0.137. The molecular formula is C15H26N2O3S. The van der Waals surface area contributed by atoms with Crippen molar-refractivity contribution < 1.29 is 14.7 Å². The van der Waals surface area contributed by atoms with Gasteiger partial charge in [0.05, 0.1) is 0 Å². The molecule has 2 rings (SSSR count). The molecule has 2 saturated heterocycles. The second-order valence-corrected chi connectivity index (χ2v) is 8.39. The molecule has 6 heteroatoms. The molecule has 21 heavy (non-hydrogen) atoms. The summed E-state index contributed by atoms with van der Waals surface area (Å²) in [5.41, 5.74) is 0. The molecule has 120 valence electrons. The first-order valence-electron chi connectivity index (χ1n) is 7.80. The summed E-state index contributed by atoms with van der Waals surface area (Å²) in [6, 6.07) is 0.207. The monoisotopic (exact) mass is 314 g/mol. The zero-order valence-corrected chi connectivity index (χ0v) is 13.8. The Bertz CT molecular complexity index is 400. The number of carbonyl (C=O) groups is 2. The normalized spacial score (nSPS) is 25.7. The molecule has 1 atom stereocenters. The number of amides is 2. The Hall–Kier alpha value is -0.910. The number of hydrogen-bond acceptors (Lipinski definition) is 3. The van der Waals surface area contributed by atoms with E-state index in [1.54, 1.807) is 0 Å². The van der Waals surface area contributed by atoms with Crippen LogP contribution >= 0.6 is 11.8 Å². The smallest absolute Gasteiger partial charge is 0.320 e. The van der Waals surface area contributed by atoms with E-state index >= 15 is 0 Å². The second-order valence-electron chi connectivity index (χ2n) is 6.59. The van der Waals surface area contributed by atoms with Gasteiger partial charge in [0.2, 0.25) is 0 Å². The van der Waals surface area contributed by atoms with Crippen LogP contribution in [0.1, 0.15) is 46.0 Å². The van der Waals surface area contributed by atoms with Crippen LogP contribution in [0.25, 0.3) is 0 Å². The van der Waals surface area contributed by atoms with Gasteiger partial charge in [0.25, 0.3) is 0 Å². The van der Waals surface area contributed by atoms with Crippen LogP contribution in [-0.4, -0.2) is 63.1 Å². The number of carbonyl (C=O) groups excluding carboxylic acids is 1. The minimum atomic E-state index is -0.775. The molecule has 2 heterocycles. The highest BCUT2D eigenvalue weighted by atomic mass is 32.2. The Balaban J connectivity index is 1.99. The molecule has 2 fully saturated rings. The Morgan fingerprint density at radius 2 is 2.05 bits per heavy atom. The molecule has 2 aliphatic rings. The third kappa shape index (κ3) is 4.53. The van der Waals surface area contributed by atoms with Crippen molar-refractivity contribution in [2.24, 2.45) is 0 Å². The number of thioether (sulfide) groups is 1. The topological polar surface area (TPSA) is 60.9 Å². The molecule has 0 bridgehead atoms. The van der Waals surface area contributed by atoms with Crippen molar-refractivity contribution in [3.05, 3.63) is 0 Å². The summed E-state index contributed by atoms with van der Waals surface area (Å²) < 4.78 is 0.111. The van der Waals surface area contributed by atoms with Gasteiger partial charge in [-0.05, 0) is 39.5 Å². The molecular weight excluding hydrogens is 288 g/mol. The van der Waals surface area contributed by atoms with Crippen LogP contribution in [0.5, 0.6) is 0 Å². The van der Waals surface area contributed by atoms with Gasteiger partial charge < -0.3 is 14.9 Å². The van der Waals surface area contributed by atoms with Gasteiger partial charge in [0.1, 0.15) is 0 Å². The van der Waals surface area contributed by atoms with Crippen LogP contribution in [0.3, 0.4) is 0 Å². The molecule has 0 spiro atoms. The van der Waals surface area contributed by atoms with Gasteiger partial charge in [-0.1, -0.05) is 0 Å². The minimum Gasteiger partial charge on any atom is -0.481 e. The van der Waals surface area contributed by atoms with E-state index in [-0.39, 0.29) is 23.2 Å². The standard InChI is InChI=1S/C15H26N2O3S/c1-15(2)11-16(9-10-21-15)14(20)17-8-4-3-5-12(17)6-7-13(18)19/h12H,3-11H2,1-2H3,(H,18,19). The molecule has 2 amide bonds. The first kappa shape index (κ1) is 16.5. The molecule has 5 nitrogen and oxygen atoms in total. The fourth-order valence-corrected chi connectivity index (χ4v) is 4.32. The van der Waals surface area contributed by atoms with Crippen molar-refractivity contribution in [2.75, 3.05) is 25.4 Å². The highest BCUT2D eigenvalue weighted by Crippen LogP contribution is 2.31. The fraction of sp³-hybridized carbons (Fsp3) is 0.867. The Morgan fingerprint density at radius 1 is 1.29 bits per heavy atom. The highest BCUT2D eigenvalue weighted by molar-refractivity contribution is 8.00. The maximum atomic E-state index is 12.8. The van der Waals surface area contributed by atoms with Crippen molar-refractivity contribution in [3.8, 4) is 0 Å². The molecule has 0 aromatic carbocycles. The summed E-state index contributed by atoms with van der Waals surface area (Å²) in [6.07, 6.45) is 3.78. The van der Waals surface area contributed by atoms with Gasteiger partial charge in [-0.3, -0.25) is 4.79 Å². The maximum absolute atomic E-state index is 12.8. The van der Waals surface area contributed by atoms with Crippen molar-refractivity contribution in [1.82, 2.24) is 9.80 Å². The number of carboxylic acids is 1. The van der Waals surface area contributed by atoms with Crippen LogP contribution in [0.4, 0.5) is 4.79 Å². The first-order valence-corrected chi connectivity index (χ1v) is 8.79. The summed E-state index contributed by atoms with van der Waals surface area (Å²) in [5, 5.41) is 8.87. The van der Waals surface area contributed by atoms with Crippen molar-refractivity contribution in [2.45, 2.75) is 56.7 Å². The summed E-state index contributed by atoms with van der Waals surface area (Å²) >= 11 is 1.91. The van der Waals surface area contributed by atoms with Gasteiger partial charge in [0, 0.05) is 42.6 Å². The number of carboxylic acid groups (broad SMARTS) is 1. The van der Waals surface area contributed by atoms with Crippen molar-refractivity contribution >= 4 is 23.8 Å². The SMILES string of the molecule is CC1(C)CN(C(=O)N2CCCCC2CCC(=O)O)CCS1. The predicted molar refractivity (Wildman–Crippen MR) is 84.7 cm³/mol. The Labute approximate surface area is 131 Å². The molecule has 1 unspecified atom stereocenters. The van der Waals surface area contributed by atoms with Gasteiger partial charge in [0.15, 0.2) is 0 Å².